The molecule has 3 rings (SSSR count). The summed E-state index contributed by atoms with van der Waals surface area (Å²) in [4.78, 5) is 12.3. The molecule has 2 bridgehead atoms. The highest BCUT2D eigenvalue weighted by atomic mass is 16.5. The molecule has 0 aliphatic carbocycles. The van der Waals surface area contributed by atoms with Gasteiger partial charge in [-0.2, -0.15) is 0 Å². The number of ether oxygens (including phenoxy) is 2. The van der Waals surface area contributed by atoms with E-state index in [1.807, 2.05) is 25.1 Å². The number of methoxy groups -OCH3 is 1. The Morgan fingerprint density at radius 1 is 1.26 bits per heavy atom. The van der Waals surface area contributed by atoms with Crippen LogP contribution >= 0.6 is 0 Å². The van der Waals surface area contributed by atoms with Gasteiger partial charge in [-0.05, 0) is 50.7 Å². The minimum absolute atomic E-state index is 0.0857. The monoisotopic (exact) mass is 318 g/mol. The minimum atomic E-state index is 0.0857. The molecule has 5 nitrogen and oxygen atoms in total. The number of hydrogen-bond donors (Lipinski definition) is 2. The predicted octanol–water partition coefficient (Wildman–Crippen LogP) is 2.95. The molecular formula is C18H26N2O3. The van der Waals surface area contributed by atoms with Crippen LogP contribution in [0.25, 0.3) is 0 Å². The SMILES string of the molecule is CCOc1ccc(NC(=O)CC2CC3CCC(C2)N3)cc1OC. The number of rotatable bonds is 6. The molecule has 2 heterocycles. The van der Waals surface area contributed by atoms with Crippen molar-refractivity contribution in [3.05, 3.63) is 18.2 Å². The number of anilines is 1. The lowest BCUT2D eigenvalue weighted by atomic mass is 9.89. The van der Waals surface area contributed by atoms with Crippen LogP contribution in [0.15, 0.2) is 18.2 Å². The Morgan fingerprint density at radius 2 is 2.00 bits per heavy atom. The lowest BCUT2D eigenvalue weighted by molar-refractivity contribution is -0.117. The summed E-state index contributed by atoms with van der Waals surface area (Å²) in [6.07, 6.45) is 5.37. The Balaban J connectivity index is 1.57. The fourth-order valence-electron chi connectivity index (χ4n) is 3.84. The van der Waals surface area contributed by atoms with E-state index in [4.69, 9.17) is 9.47 Å². The molecule has 0 saturated carbocycles. The predicted molar refractivity (Wildman–Crippen MR) is 90.1 cm³/mol. The number of piperidine rings is 1. The maximum atomic E-state index is 12.3. The molecule has 2 aliphatic heterocycles. The molecule has 2 atom stereocenters. The van der Waals surface area contributed by atoms with Crippen LogP contribution in [0.3, 0.4) is 0 Å². The first-order valence-corrected chi connectivity index (χ1v) is 8.54. The summed E-state index contributed by atoms with van der Waals surface area (Å²) in [7, 11) is 1.61. The molecule has 2 aliphatic rings. The standard InChI is InChI=1S/C18H26N2O3/c1-3-23-16-7-6-15(11-17(16)22-2)20-18(21)10-12-8-13-4-5-14(9-12)19-13/h6-7,11-14,19H,3-5,8-10H2,1-2H3,(H,20,21). The molecule has 2 unspecified atom stereocenters. The summed E-state index contributed by atoms with van der Waals surface area (Å²) in [6.45, 7) is 2.52. The number of hydrogen-bond acceptors (Lipinski definition) is 4. The zero-order valence-electron chi connectivity index (χ0n) is 13.9. The van der Waals surface area contributed by atoms with Gasteiger partial charge in [0.05, 0.1) is 13.7 Å². The van der Waals surface area contributed by atoms with Gasteiger partial charge in [0.2, 0.25) is 5.91 Å². The van der Waals surface area contributed by atoms with Crippen LogP contribution in [0.1, 0.15) is 39.0 Å². The van der Waals surface area contributed by atoms with Gasteiger partial charge in [0.1, 0.15) is 0 Å². The van der Waals surface area contributed by atoms with Crippen molar-refractivity contribution >= 4 is 11.6 Å². The van der Waals surface area contributed by atoms with Gasteiger partial charge < -0.3 is 20.1 Å². The maximum absolute atomic E-state index is 12.3. The van der Waals surface area contributed by atoms with Crippen molar-refractivity contribution in [2.75, 3.05) is 19.0 Å². The third-order valence-corrected chi connectivity index (χ3v) is 4.79. The lowest BCUT2D eigenvalue weighted by Gasteiger charge is -2.28. The quantitative estimate of drug-likeness (QED) is 0.846. The zero-order chi connectivity index (χ0) is 16.2. The number of fused-ring (bicyclic) bond motifs is 2. The van der Waals surface area contributed by atoms with Crippen molar-refractivity contribution in [3.63, 3.8) is 0 Å². The average molecular weight is 318 g/mol. The van der Waals surface area contributed by atoms with Crippen molar-refractivity contribution in [2.24, 2.45) is 5.92 Å². The summed E-state index contributed by atoms with van der Waals surface area (Å²) in [5, 5.41) is 6.60. The molecule has 0 aromatic heterocycles. The molecule has 2 saturated heterocycles. The van der Waals surface area contributed by atoms with E-state index < -0.39 is 0 Å². The van der Waals surface area contributed by atoms with Gasteiger partial charge >= 0.3 is 0 Å². The largest absolute Gasteiger partial charge is 0.493 e. The number of amides is 1. The van der Waals surface area contributed by atoms with Gasteiger partial charge in [-0.3, -0.25) is 4.79 Å². The van der Waals surface area contributed by atoms with Crippen LogP contribution in [0.4, 0.5) is 5.69 Å². The Labute approximate surface area is 137 Å². The first-order chi connectivity index (χ1) is 11.2. The Bertz CT molecular complexity index is 549. The van der Waals surface area contributed by atoms with Gasteiger partial charge in [0, 0.05) is 30.3 Å². The van der Waals surface area contributed by atoms with Crippen LogP contribution in [0.2, 0.25) is 0 Å². The van der Waals surface area contributed by atoms with Gasteiger partial charge in [-0.15, -0.1) is 0 Å². The molecule has 23 heavy (non-hydrogen) atoms. The van der Waals surface area contributed by atoms with Crippen LogP contribution in [0.5, 0.6) is 11.5 Å². The highest BCUT2D eigenvalue weighted by Crippen LogP contribution is 2.33. The van der Waals surface area contributed by atoms with Crippen LogP contribution in [-0.2, 0) is 4.79 Å². The van der Waals surface area contributed by atoms with E-state index in [2.05, 4.69) is 10.6 Å². The molecule has 1 aromatic rings. The minimum Gasteiger partial charge on any atom is -0.493 e. The molecule has 5 heteroatoms. The fourth-order valence-corrected chi connectivity index (χ4v) is 3.84. The van der Waals surface area contributed by atoms with Crippen molar-refractivity contribution in [2.45, 2.75) is 51.1 Å². The van der Waals surface area contributed by atoms with Gasteiger partial charge in [0.25, 0.3) is 0 Å². The van der Waals surface area contributed by atoms with E-state index in [0.29, 0.717) is 42.5 Å². The molecular weight excluding hydrogens is 292 g/mol. The summed E-state index contributed by atoms with van der Waals surface area (Å²) >= 11 is 0. The normalized spacial score (nSPS) is 25.9. The highest BCUT2D eigenvalue weighted by Gasteiger charge is 2.34. The highest BCUT2D eigenvalue weighted by molar-refractivity contribution is 5.91. The molecule has 0 radical (unpaired) electrons. The Kier molecular flexibility index (Phi) is 5.06. The van der Waals surface area contributed by atoms with Crippen molar-refractivity contribution < 1.29 is 14.3 Å². The average Bonchev–Trinajstić information content (AvgIpc) is 2.87. The smallest absolute Gasteiger partial charge is 0.224 e. The van der Waals surface area contributed by atoms with Gasteiger partial charge in [0.15, 0.2) is 11.5 Å². The molecule has 0 spiro atoms. The Hall–Kier alpha value is -1.75. The van der Waals surface area contributed by atoms with Crippen LogP contribution in [-0.4, -0.2) is 31.7 Å². The van der Waals surface area contributed by atoms with Gasteiger partial charge in [-0.25, -0.2) is 0 Å². The number of benzene rings is 1. The van der Waals surface area contributed by atoms with E-state index in [1.54, 1.807) is 7.11 Å². The number of carbonyl (C=O) groups excluding carboxylic acids is 1. The number of carbonyl (C=O) groups is 1. The molecule has 126 valence electrons. The first-order valence-electron chi connectivity index (χ1n) is 8.54. The van der Waals surface area contributed by atoms with Crippen molar-refractivity contribution in [3.8, 4) is 11.5 Å². The van der Waals surface area contributed by atoms with E-state index >= 15 is 0 Å². The van der Waals surface area contributed by atoms with E-state index in [1.165, 1.54) is 12.8 Å². The van der Waals surface area contributed by atoms with Crippen LogP contribution < -0.4 is 20.1 Å². The number of nitrogens with one attached hydrogen (secondary N) is 2. The maximum Gasteiger partial charge on any atom is 0.224 e. The van der Waals surface area contributed by atoms with Gasteiger partial charge in [-0.1, -0.05) is 0 Å². The summed E-state index contributed by atoms with van der Waals surface area (Å²) in [5.74, 6) is 1.92. The van der Waals surface area contributed by atoms with E-state index in [0.717, 1.165) is 18.5 Å². The van der Waals surface area contributed by atoms with Crippen LogP contribution in [0, 0.1) is 5.92 Å². The zero-order valence-corrected chi connectivity index (χ0v) is 13.9. The third-order valence-electron chi connectivity index (χ3n) is 4.79. The molecule has 1 aromatic carbocycles. The first kappa shape index (κ1) is 16.1. The molecule has 2 fully saturated rings. The summed E-state index contributed by atoms with van der Waals surface area (Å²) < 4.78 is 10.8. The van der Waals surface area contributed by atoms with E-state index in [9.17, 15) is 4.79 Å². The Morgan fingerprint density at radius 3 is 2.65 bits per heavy atom. The molecule has 1 amide bonds. The second-order valence-corrected chi connectivity index (χ2v) is 6.53. The second-order valence-electron chi connectivity index (χ2n) is 6.53. The summed E-state index contributed by atoms with van der Waals surface area (Å²) in [5.41, 5.74) is 0.757. The second kappa shape index (κ2) is 7.21. The third kappa shape index (κ3) is 3.96. The summed E-state index contributed by atoms with van der Waals surface area (Å²) in [6, 6.07) is 6.75. The molecule has 2 N–H and O–H groups in total. The lowest BCUT2D eigenvalue weighted by Crippen LogP contribution is -2.39. The topological polar surface area (TPSA) is 59.6 Å². The van der Waals surface area contributed by atoms with Crippen molar-refractivity contribution in [1.29, 1.82) is 0 Å². The van der Waals surface area contributed by atoms with E-state index in [-0.39, 0.29) is 5.91 Å². The van der Waals surface area contributed by atoms with Crippen molar-refractivity contribution in [1.82, 2.24) is 5.32 Å². The fraction of sp³-hybridized carbons (Fsp3) is 0.611.